The Hall–Kier alpha value is -4.50. The van der Waals surface area contributed by atoms with Gasteiger partial charge in [-0.1, -0.05) is 30.7 Å². The highest BCUT2D eigenvalue weighted by atomic mass is 19.4. The highest BCUT2D eigenvalue weighted by molar-refractivity contribution is 5.89. The molecule has 1 unspecified atom stereocenters. The number of hydrogen-bond donors (Lipinski definition) is 1. The van der Waals surface area contributed by atoms with Gasteiger partial charge in [0, 0.05) is 43.1 Å². The second-order valence-electron chi connectivity index (χ2n) is 11.0. The fourth-order valence-corrected chi connectivity index (χ4v) is 5.98. The van der Waals surface area contributed by atoms with Gasteiger partial charge in [-0.25, -0.2) is 15.0 Å². The number of amides is 1. The molecule has 0 radical (unpaired) electrons. The lowest BCUT2D eigenvalue weighted by Crippen LogP contribution is -2.40. The molecule has 222 valence electrons. The smallest absolute Gasteiger partial charge is 0.401 e. The zero-order chi connectivity index (χ0) is 30.0. The van der Waals surface area contributed by atoms with Gasteiger partial charge >= 0.3 is 6.18 Å². The molecule has 0 bridgehead atoms. The average Bonchev–Trinajstić information content (AvgIpc) is 3.46. The molecule has 2 saturated heterocycles. The van der Waals surface area contributed by atoms with E-state index in [-0.39, 0.29) is 12.1 Å². The van der Waals surface area contributed by atoms with Gasteiger partial charge in [0.05, 0.1) is 17.8 Å². The molecule has 6 rings (SSSR count). The largest absolute Gasteiger partial charge is 0.489 e. The molecule has 2 fully saturated rings. The number of ether oxygens (including phenoxy) is 1. The number of hydrogen-bond acceptors (Lipinski definition) is 7. The van der Waals surface area contributed by atoms with E-state index in [2.05, 4.69) is 26.0 Å². The molecule has 12 heteroatoms. The van der Waals surface area contributed by atoms with Crippen molar-refractivity contribution in [1.29, 1.82) is 5.26 Å². The topological polar surface area (TPSA) is 111 Å². The molecule has 43 heavy (non-hydrogen) atoms. The summed E-state index contributed by atoms with van der Waals surface area (Å²) in [6.45, 7) is 0.758. The molecular formula is C31H30F3N7O2. The number of carbonyl (C=O) groups excluding carboxylic acids is 1. The Kier molecular flexibility index (Phi) is 7.99. The molecule has 1 atom stereocenters. The number of imidazole rings is 1. The zero-order valence-electron chi connectivity index (χ0n) is 23.3. The van der Waals surface area contributed by atoms with Crippen LogP contribution in [0.25, 0.3) is 33.8 Å². The summed E-state index contributed by atoms with van der Waals surface area (Å²) in [5.41, 5.74) is 4.32. The van der Waals surface area contributed by atoms with Crippen LogP contribution >= 0.6 is 0 Å². The van der Waals surface area contributed by atoms with Gasteiger partial charge in [-0.2, -0.15) is 18.4 Å². The van der Waals surface area contributed by atoms with Crippen LogP contribution in [0, 0.1) is 11.3 Å². The van der Waals surface area contributed by atoms with Crippen LogP contribution < -0.4 is 4.74 Å². The third kappa shape index (κ3) is 6.32. The minimum atomic E-state index is -4.24. The van der Waals surface area contributed by atoms with Crippen molar-refractivity contribution >= 4 is 17.6 Å². The number of alkyl halides is 3. The number of piperidine rings is 2. The summed E-state index contributed by atoms with van der Waals surface area (Å²) in [6, 6.07) is 14.7. The number of fused-ring (bicyclic) bond motifs is 1. The summed E-state index contributed by atoms with van der Waals surface area (Å²) in [7, 11) is 0. The Labute approximate surface area is 246 Å². The molecule has 2 aliphatic rings. The van der Waals surface area contributed by atoms with E-state index >= 15 is 0 Å². The molecule has 2 aromatic heterocycles. The first kappa shape index (κ1) is 28.6. The Morgan fingerprint density at radius 1 is 1.02 bits per heavy atom. The molecule has 1 amide bonds. The van der Waals surface area contributed by atoms with Gasteiger partial charge in [0.1, 0.15) is 35.6 Å². The van der Waals surface area contributed by atoms with Crippen LogP contribution in [0.3, 0.4) is 0 Å². The number of nitrogens with one attached hydrogen (secondary N) is 1. The number of rotatable bonds is 7. The molecule has 0 aliphatic carbocycles. The first-order chi connectivity index (χ1) is 20.8. The highest BCUT2D eigenvalue weighted by Gasteiger charge is 2.35. The number of aromatic nitrogens is 4. The molecule has 2 aromatic carbocycles. The third-order valence-corrected chi connectivity index (χ3v) is 8.15. The van der Waals surface area contributed by atoms with E-state index in [1.165, 1.54) is 11.2 Å². The van der Waals surface area contributed by atoms with E-state index in [0.29, 0.717) is 78.5 Å². The van der Waals surface area contributed by atoms with E-state index in [1.54, 1.807) is 17.0 Å². The van der Waals surface area contributed by atoms with E-state index in [1.807, 2.05) is 30.3 Å². The Morgan fingerprint density at radius 3 is 2.51 bits per heavy atom. The van der Waals surface area contributed by atoms with Gasteiger partial charge in [0.2, 0.25) is 6.41 Å². The van der Waals surface area contributed by atoms with Crippen LogP contribution in [0.15, 0.2) is 48.8 Å². The second-order valence-corrected chi connectivity index (χ2v) is 11.0. The Balaban J connectivity index is 1.23. The first-order valence-corrected chi connectivity index (χ1v) is 14.3. The number of nitriles is 1. The van der Waals surface area contributed by atoms with Crippen molar-refractivity contribution in [3.8, 4) is 34.5 Å². The Morgan fingerprint density at radius 2 is 1.79 bits per heavy atom. The standard InChI is InChI=1S/C31H30F3N7O2/c32-31(33,34)17-41-12-2-1-3-25(41)20-4-6-21(7-5-20)29-38-28-27(36-18-37-30(28)39-29)22-8-9-26(23(15-22)16-35)43-24-10-13-40(19-42)14-11-24/h4-9,15,18-19,24-25H,1-3,10-14,17H2,(H,36,37,38,39). The fraction of sp³-hybridized carbons (Fsp3) is 0.387. The number of carbonyl (C=O) groups is 1. The van der Waals surface area contributed by atoms with Crippen molar-refractivity contribution in [2.45, 2.75) is 50.4 Å². The lowest BCUT2D eigenvalue weighted by molar-refractivity contribution is -0.153. The quantitative estimate of drug-likeness (QED) is 0.278. The van der Waals surface area contributed by atoms with E-state index in [4.69, 9.17) is 4.74 Å². The predicted octanol–water partition coefficient (Wildman–Crippen LogP) is 5.65. The maximum atomic E-state index is 13.2. The van der Waals surface area contributed by atoms with Crippen LogP contribution in [-0.2, 0) is 4.79 Å². The molecule has 9 nitrogen and oxygen atoms in total. The second kappa shape index (κ2) is 12.0. The van der Waals surface area contributed by atoms with Gasteiger partial charge in [0.15, 0.2) is 5.65 Å². The average molecular weight is 590 g/mol. The lowest BCUT2D eigenvalue weighted by Gasteiger charge is -2.36. The van der Waals surface area contributed by atoms with Crippen molar-refractivity contribution in [2.75, 3.05) is 26.2 Å². The summed E-state index contributed by atoms with van der Waals surface area (Å²) in [4.78, 5) is 30.9. The van der Waals surface area contributed by atoms with E-state index in [0.717, 1.165) is 30.4 Å². The van der Waals surface area contributed by atoms with Crippen LogP contribution in [0.4, 0.5) is 13.2 Å². The summed E-state index contributed by atoms with van der Waals surface area (Å²) < 4.78 is 45.6. The minimum absolute atomic E-state index is 0.0766. The van der Waals surface area contributed by atoms with Gasteiger partial charge in [0.25, 0.3) is 0 Å². The number of nitrogens with zero attached hydrogens (tertiary/aromatic N) is 6. The monoisotopic (exact) mass is 589 g/mol. The van der Waals surface area contributed by atoms with Gasteiger partial charge < -0.3 is 14.6 Å². The summed E-state index contributed by atoms with van der Waals surface area (Å²) in [5.74, 6) is 1.04. The van der Waals surface area contributed by atoms with E-state index < -0.39 is 12.7 Å². The summed E-state index contributed by atoms with van der Waals surface area (Å²) in [6.07, 6.45) is 1.69. The number of H-pyrrole nitrogens is 1. The lowest BCUT2D eigenvalue weighted by atomic mass is 9.94. The van der Waals surface area contributed by atoms with Crippen LogP contribution in [0.5, 0.6) is 5.75 Å². The van der Waals surface area contributed by atoms with Crippen LogP contribution in [-0.4, -0.2) is 74.6 Å². The van der Waals surface area contributed by atoms with Crippen molar-refractivity contribution < 1.29 is 22.7 Å². The minimum Gasteiger partial charge on any atom is -0.489 e. The molecule has 4 aromatic rings. The SMILES string of the molecule is N#Cc1cc(-c2ncnc3nc(-c4ccc(C5CCCCN5CC(F)(F)F)cc4)[nH]c23)ccc1OC1CCN(C=O)CC1. The fourth-order valence-electron chi connectivity index (χ4n) is 5.98. The molecular weight excluding hydrogens is 559 g/mol. The van der Waals surface area contributed by atoms with Gasteiger partial charge in [-0.3, -0.25) is 9.69 Å². The Bertz CT molecular complexity index is 1640. The predicted molar refractivity (Wildman–Crippen MR) is 153 cm³/mol. The van der Waals surface area contributed by atoms with Crippen molar-refractivity contribution in [1.82, 2.24) is 29.7 Å². The highest BCUT2D eigenvalue weighted by Crippen LogP contribution is 2.35. The maximum Gasteiger partial charge on any atom is 0.401 e. The first-order valence-electron chi connectivity index (χ1n) is 14.3. The zero-order valence-corrected chi connectivity index (χ0v) is 23.3. The van der Waals surface area contributed by atoms with Crippen molar-refractivity contribution in [3.63, 3.8) is 0 Å². The van der Waals surface area contributed by atoms with Gasteiger partial charge in [-0.05, 0) is 43.1 Å². The molecule has 0 spiro atoms. The van der Waals surface area contributed by atoms with E-state index in [9.17, 15) is 23.2 Å². The maximum absolute atomic E-state index is 13.2. The normalized spacial score (nSPS) is 18.5. The molecule has 2 aliphatic heterocycles. The summed E-state index contributed by atoms with van der Waals surface area (Å²) >= 11 is 0. The summed E-state index contributed by atoms with van der Waals surface area (Å²) in [5, 5.41) is 9.86. The third-order valence-electron chi connectivity index (χ3n) is 8.15. The van der Waals surface area contributed by atoms with Crippen molar-refractivity contribution in [3.05, 3.63) is 59.9 Å². The molecule has 0 saturated carbocycles. The van der Waals surface area contributed by atoms with Crippen LogP contribution in [0.2, 0.25) is 0 Å². The van der Waals surface area contributed by atoms with Gasteiger partial charge in [-0.15, -0.1) is 0 Å². The number of benzene rings is 2. The molecule has 4 heterocycles. The number of aromatic amines is 1. The number of halogens is 3. The van der Waals surface area contributed by atoms with Crippen molar-refractivity contribution in [2.24, 2.45) is 0 Å². The number of likely N-dealkylation sites (tertiary alicyclic amines) is 2. The molecule has 1 N–H and O–H groups in total. The van der Waals surface area contributed by atoms with Crippen LogP contribution in [0.1, 0.15) is 49.3 Å².